The zero-order chi connectivity index (χ0) is 11.7. The van der Waals surface area contributed by atoms with E-state index in [0.29, 0.717) is 6.54 Å². The van der Waals surface area contributed by atoms with Crippen molar-refractivity contribution < 1.29 is 9.59 Å². The summed E-state index contributed by atoms with van der Waals surface area (Å²) in [5.41, 5.74) is 0.768. The maximum Gasteiger partial charge on any atom is 0.331 e. The van der Waals surface area contributed by atoms with Gasteiger partial charge >= 0.3 is 6.03 Å². The van der Waals surface area contributed by atoms with Gasteiger partial charge in [0.25, 0.3) is 5.91 Å². The summed E-state index contributed by atoms with van der Waals surface area (Å²) >= 11 is 0. The van der Waals surface area contributed by atoms with Gasteiger partial charge in [-0.1, -0.05) is 18.2 Å². The van der Waals surface area contributed by atoms with Crippen molar-refractivity contribution in [1.82, 2.24) is 4.90 Å². The molecule has 1 aromatic carbocycles. The van der Waals surface area contributed by atoms with Gasteiger partial charge in [0, 0.05) is 12.2 Å². The number of carbonyl (C=O) groups is 2. The number of urea groups is 1. The Morgan fingerprint density at radius 2 is 1.81 bits per heavy atom. The predicted octanol–water partition coefficient (Wildman–Crippen LogP) is 1.86. The van der Waals surface area contributed by atoms with Crippen molar-refractivity contribution in [2.24, 2.45) is 0 Å². The third-order valence-electron chi connectivity index (χ3n) is 2.80. The van der Waals surface area contributed by atoms with Crippen LogP contribution >= 0.6 is 0 Å². The van der Waals surface area contributed by atoms with Crippen molar-refractivity contribution in [3.63, 3.8) is 0 Å². The Morgan fingerprint density at radius 3 is 2.31 bits per heavy atom. The summed E-state index contributed by atoms with van der Waals surface area (Å²) < 4.78 is 0. The maximum absolute atomic E-state index is 12.0. The van der Waals surface area contributed by atoms with Crippen LogP contribution in [0.5, 0.6) is 0 Å². The molecule has 0 radical (unpaired) electrons. The van der Waals surface area contributed by atoms with Gasteiger partial charge < -0.3 is 0 Å². The van der Waals surface area contributed by atoms with Crippen LogP contribution in [0.1, 0.15) is 13.8 Å². The Labute approximate surface area is 94.5 Å². The van der Waals surface area contributed by atoms with E-state index in [4.69, 9.17) is 0 Å². The van der Waals surface area contributed by atoms with Gasteiger partial charge in [0.1, 0.15) is 6.04 Å². The van der Waals surface area contributed by atoms with Crippen molar-refractivity contribution in [2.75, 3.05) is 11.4 Å². The summed E-state index contributed by atoms with van der Waals surface area (Å²) in [4.78, 5) is 26.6. The van der Waals surface area contributed by atoms with Crippen LogP contribution in [0.15, 0.2) is 30.3 Å². The molecule has 0 N–H and O–H groups in total. The van der Waals surface area contributed by atoms with E-state index < -0.39 is 6.04 Å². The normalized spacial score (nSPS) is 20.8. The van der Waals surface area contributed by atoms with E-state index in [1.54, 1.807) is 13.8 Å². The van der Waals surface area contributed by atoms with Crippen LogP contribution in [-0.2, 0) is 4.79 Å². The Hall–Kier alpha value is -1.84. The Bertz CT molecular complexity index is 416. The van der Waals surface area contributed by atoms with E-state index in [2.05, 4.69) is 0 Å². The van der Waals surface area contributed by atoms with Gasteiger partial charge in [-0.05, 0) is 26.0 Å². The van der Waals surface area contributed by atoms with Crippen molar-refractivity contribution in [1.29, 1.82) is 0 Å². The average molecular weight is 218 g/mol. The Balaban J connectivity index is 2.37. The highest BCUT2D eigenvalue weighted by Crippen LogP contribution is 2.24. The minimum Gasteiger partial charge on any atom is -0.282 e. The monoisotopic (exact) mass is 218 g/mol. The number of anilines is 1. The standard InChI is InChI=1S/C12H14N2O2/c1-3-13-11(15)9(2)14(12(13)16)10-7-5-4-6-8-10/h4-9H,3H2,1-2H3/t9-/m0/s1. The fraction of sp³-hybridized carbons (Fsp3) is 0.333. The van der Waals surface area contributed by atoms with Gasteiger partial charge in [0.2, 0.25) is 0 Å². The lowest BCUT2D eigenvalue weighted by Crippen LogP contribution is -2.33. The van der Waals surface area contributed by atoms with Gasteiger partial charge in [0.15, 0.2) is 0 Å². The summed E-state index contributed by atoms with van der Waals surface area (Å²) in [7, 11) is 0. The molecular weight excluding hydrogens is 204 g/mol. The molecule has 1 fully saturated rings. The SMILES string of the molecule is CCN1C(=O)[C@H](C)N(c2ccccc2)C1=O. The molecule has 1 aliphatic heterocycles. The Kier molecular flexibility index (Phi) is 2.64. The highest BCUT2D eigenvalue weighted by Gasteiger charge is 2.42. The molecular formula is C12H14N2O2. The zero-order valence-corrected chi connectivity index (χ0v) is 9.38. The topological polar surface area (TPSA) is 40.6 Å². The fourth-order valence-corrected chi connectivity index (χ4v) is 1.94. The molecule has 0 aliphatic carbocycles. The average Bonchev–Trinajstić information content (AvgIpc) is 2.51. The van der Waals surface area contributed by atoms with Crippen LogP contribution < -0.4 is 4.90 Å². The molecule has 3 amide bonds. The van der Waals surface area contributed by atoms with E-state index in [1.807, 2.05) is 30.3 Å². The lowest BCUT2D eigenvalue weighted by molar-refractivity contribution is -0.126. The first-order valence-electron chi connectivity index (χ1n) is 5.36. The molecule has 1 heterocycles. The largest absolute Gasteiger partial charge is 0.331 e. The minimum atomic E-state index is -0.408. The summed E-state index contributed by atoms with van der Waals surface area (Å²) in [6.07, 6.45) is 0. The number of hydrogen-bond donors (Lipinski definition) is 0. The molecule has 1 aromatic rings. The van der Waals surface area contributed by atoms with Gasteiger partial charge in [-0.25, -0.2) is 4.79 Å². The van der Waals surface area contributed by atoms with E-state index in [9.17, 15) is 9.59 Å². The van der Waals surface area contributed by atoms with Crippen LogP contribution in [0.2, 0.25) is 0 Å². The van der Waals surface area contributed by atoms with E-state index in [1.165, 1.54) is 9.80 Å². The number of rotatable bonds is 2. The molecule has 0 aromatic heterocycles. The van der Waals surface area contributed by atoms with Gasteiger partial charge in [-0.15, -0.1) is 0 Å². The molecule has 0 spiro atoms. The smallest absolute Gasteiger partial charge is 0.282 e. The quantitative estimate of drug-likeness (QED) is 0.711. The molecule has 4 heteroatoms. The van der Waals surface area contributed by atoms with Crippen molar-refractivity contribution in [2.45, 2.75) is 19.9 Å². The maximum atomic E-state index is 12.0. The molecule has 1 saturated heterocycles. The molecule has 84 valence electrons. The Morgan fingerprint density at radius 1 is 1.19 bits per heavy atom. The second kappa shape index (κ2) is 3.96. The molecule has 16 heavy (non-hydrogen) atoms. The molecule has 0 bridgehead atoms. The van der Waals surface area contributed by atoms with Crippen LogP contribution in [0.4, 0.5) is 10.5 Å². The number of likely N-dealkylation sites (N-methyl/N-ethyl adjacent to an activating group) is 1. The van der Waals surface area contributed by atoms with Crippen molar-refractivity contribution in [3.05, 3.63) is 30.3 Å². The second-order valence-corrected chi connectivity index (χ2v) is 3.75. The number of imide groups is 1. The van der Waals surface area contributed by atoms with E-state index >= 15 is 0 Å². The first-order valence-corrected chi connectivity index (χ1v) is 5.36. The molecule has 0 unspecified atom stereocenters. The third kappa shape index (κ3) is 1.46. The van der Waals surface area contributed by atoms with Crippen molar-refractivity contribution >= 4 is 17.6 Å². The number of carbonyl (C=O) groups excluding carboxylic acids is 2. The number of amides is 3. The zero-order valence-electron chi connectivity index (χ0n) is 9.38. The summed E-state index contributed by atoms with van der Waals surface area (Å²) in [5.74, 6) is -0.128. The highest BCUT2D eigenvalue weighted by molar-refractivity contribution is 6.13. The summed E-state index contributed by atoms with van der Waals surface area (Å²) in [5, 5.41) is 0. The first kappa shape index (κ1) is 10.7. The van der Waals surface area contributed by atoms with Crippen LogP contribution in [0.3, 0.4) is 0 Å². The van der Waals surface area contributed by atoms with E-state index in [-0.39, 0.29) is 11.9 Å². The highest BCUT2D eigenvalue weighted by atomic mass is 16.2. The number of hydrogen-bond acceptors (Lipinski definition) is 2. The number of benzene rings is 1. The fourth-order valence-electron chi connectivity index (χ4n) is 1.94. The predicted molar refractivity (Wildman–Crippen MR) is 61.2 cm³/mol. The van der Waals surface area contributed by atoms with E-state index in [0.717, 1.165) is 5.69 Å². The van der Waals surface area contributed by atoms with Gasteiger partial charge in [-0.3, -0.25) is 14.6 Å². The van der Waals surface area contributed by atoms with Gasteiger partial charge in [0.05, 0.1) is 0 Å². The lowest BCUT2D eigenvalue weighted by Gasteiger charge is -2.18. The van der Waals surface area contributed by atoms with Crippen LogP contribution in [0.25, 0.3) is 0 Å². The molecule has 4 nitrogen and oxygen atoms in total. The molecule has 1 atom stereocenters. The molecule has 2 rings (SSSR count). The lowest BCUT2D eigenvalue weighted by atomic mass is 10.2. The summed E-state index contributed by atoms with van der Waals surface area (Å²) in [6.45, 7) is 3.98. The minimum absolute atomic E-state index is 0.128. The molecule has 1 aliphatic rings. The molecule has 0 saturated carbocycles. The van der Waals surface area contributed by atoms with Gasteiger partial charge in [-0.2, -0.15) is 0 Å². The number of para-hydroxylation sites is 1. The summed E-state index contributed by atoms with van der Waals surface area (Å²) in [6, 6.07) is 8.62. The van der Waals surface area contributed by atoms with Crippen LogP contribution in [0, 0.1) is 0 Å². The van der Waals surface area contributed by atoms with Crippen LogP contribution in [-0.4, -0.2) is 29.4 Å². The second-order valence-electron chi connectivity index (χ2n) is 3.75. The van der Waals surface area contributed by atoms with Crippen molar-refractivity contribution in [3.8, 4) is 0 Å². The number of nitrogens with zero attached hydrogens (tertiary/aromatic N) is 2. The first-order chi connectivity index (χ1) is 7.66. The third-order valence-corrected chi connectivity index (χ3v) is 2.80.